The third kappa shape index (κ3) is 3.04. The van der Waals surface area contributed by atoms with Gasteiger partial charge in [0.05, 0.1) is 4.92 Å². The zero-order valence-corrected chi connectivity index (χ0v) is 10.9. The predicted molar refractivity (Wildman–Crippen MR) is 69.2 cm³/mol. The Balaban J connectivity index is 2.36. The van der Waals surface area contributed by atoms with E-state index < -0.39 is 4.92 Å². The van der Waals surface area contributed by atoms with Gasteiger partial charge in [0.2, 0.25) is 0 Å². The van der Waals surface area contributed by atoms with E-state index in [9.17, 15) is 10.1 Å². The number of nitrogens with zero attached hydrogens (tertiary/aromatic N) is 2. The molecule has 2 aromatic rings. The highest BCUT2D eigenvalue weighted by Crippen LogP contribution is 2.33. The highest BCUT2D eigenvalue weighted by molar-refractivity contribution is 9.10. The number of hydrogen-bond donors (Lipinski definition) is 0. The molecular weight excluding hydrogens is 304 g/mol. The molecule has 17 heavy (non-hydrogen) atoms. The fourth-order valence-electron chi connectivity index (χ4n) is 1.23. The van der Waals surface area contributed by atoms with Crippen molar-refractivity contribution in [2.24, 2.45) is 0 Å². The van der Waals surface area contributed by atoms with E-state index in [0.717, 1.165) is 4.90 Å². The largest absolute Gasteiger partial charge is 0.302 e. The number of pyridine rings is 1. The standard InChI is InChI=1S/C11H7BrN2O2S/c12-8-6-10(14(15)16)11(13-7-8)17-9-4-2-1-3-5-9/h1-7H. The molecule has 0 atom stereocenters. The lowest BCUT2D eigenvalue weighted by Crippen LogP contribution is -1.93. The molecule has 0 unspecified atom stereocenters. The SMILES string of the molecule is O=[N+]([O-])c1cc(Br)cnc1Sc1ccccc1. The van der Waals surface area contributed by atoms with Crippen molar-refractivity contribution in [3.8, 4) is 0 Å². The Morgan fingerprint density at radius 2 is 2.00 bits per heavy atom. The molecule has 0 amide bonds. The average Bonchev–Trinajstić information content (AvgIpc) is 2.32. The Morgan fingerprint density at radius 1 is 1.29 bits per heavy atom. The van der Waals surface area contributed by atoms with Crippen LogP contribution in [0.1, 0.15) is 0 Å². The van der Waals surface area contributed by atoms with Crippen molar-refractivity contribution in [1.29, 1.82) is 0 Å². The van der Waals surface area contributed by atoms with E-state index >= 15 is 0 Å². The van der Waals surface area contributed by atoms with Crippen LogP contribution in [0, 0.1) is 10.1 Å². The molecule has 0 saturated heterocycles. The predicted octanol–water partition coefficient (Wildman–Crippen LogP) is 3.90. The van der Waals surface area contributed by atoms with Gasteiger partial charge in [0, 0.05) is 21.6 Å². The maximum Gasteiger partial charge on any atom is 0.302 e. The minimum atomic E-state index is -0.428. The second-order valence-electron chi connectivity index (χ2n) is 3.15. The highest BCUT2D eigenvalue weighted by Gasteiger charge is 2.16. The zero-order chi connectivity index (χ0) is 12.3. The molecule has 0 aliphatic rings. The fourth-order valence-corrected chi connectivity index (χ4v) is 2.40. The first-order valence-electron chi connectivity index (χ1n) is 4.69. The summed E-state index contributed by atoms with van der Waals surface area (Å²) in [6.07, 6.45) is 1.55. The van der Waals surface area contributed by atoms with Crippen LogP contribution in [0.15, 0.2) is 57.0 Å². The van der Waals surface area contributed by atoms with Crippen molar-refractivity contribution in [2.45, 2.75) is 9.92 Å². The molecule has 0 bridgehead atoms. The van der Waals surface area contributed by atoms with Crippen LogP contribution in [0.3, 0.4) is 0 Å². The molecular formula is C11H7BrN2O2S. The molecule has 2 rings (SSSR count). The third-order valence-corrected chi connectivity index (χ3v) is 3.40. The van der Waals surface area contributed by atoms with Crippen molar-refractivity contribution in [3.63, 3.8) is 0 Å². The summed E-state index contributed by atoms with van der Waals surface area (Å²) in [5, 5.41) is 11.3. The Labute approximate surface area is 110 Å². The van der Waals surface area contributed by atoms with Gasteiger partial charge in [0.25, 0.3) is 0 Å². The van der Waals surface area contributed by atoms with Crippen LogP contribution >= 0.6 is 27.7 Å². The summed E-state index contributed by atoms with van der Waals surface area (Å²) in [7, 11) is 0. The topological polar surface area (TPSA) is 56.0 Å². The van der Waals surface area contributed by atoms with Crippen LogP contribution < -0.4 is 0 Å². The van der Waals surface area contributed by atoms with Gasteiger partial charge in [-0.25, -0.2) is 4.98 Å². The van der Waals surface area contributed by atoms with E-state index in [1.54, 1.807) is 6.20 Å². The monoisotopic (exact) mass is 310 g/mol. The van der Waals surface area contributed by atoms with Crippen molar-refractivity contribution >= 4 is 33.4 Å². The first kappa shape index (κ1) is 12.1. The van der Waals surface area contributed by atoms with Crippen molar-refractivity contribution in [1.82, 2.24) is 4.98 Å². The van der Waals surface area contributed by atoms with E-state index in [0.29, 0.717) is 9.50 Å². The molecule has 0 spiro atoms. The molecule has 6 heteroatoms. The second kappa shape index (κ2) is 5.29. The summed E-state index contributed by atoms with van der Waals surface area (Å²) in [5.74, 6) is 0. The quantitative estimate of drug-likeness (QED) is 0.637. The molecule has 86 valence electrons. The lowest BCUT2D eigenvalue weighted by molar-refractivity contribution is -0.388. The van der Waals surface area contributed by atoms with E-state index in [-0.39, 0.29) is 5.69 Å². The Morgan fingerprint density at radius 3 is 2.65 bits per heavy atom. The van der Waals surface area contributed by atoms with Crippen LogP contribution in [0.25, 0.3) is 0 Å². The minimum absolute atomic E-state index is 0.00762. The van der Waals surface area contributed by atoms with Crippen LogP contribution in [-0.2, 0) is 0 Å². The number of hydrogen-bond acceptors (Lipinski definition) is 4. The van der Waals surface area contributed by atoms with Crippen molar-refractivity contribution in [2.75, 3.05) is 0 Å². The molecule has 0 fully saturated rings. The van der Waals surface area contributed by atoms with Crippen molar-refractivity contribution < 1.29 is 4.92 Å². The van der Waals surface area contributed by atoms with Crippen LogP contribution in [-0.4, -0.2) is 9.91 Å². The number of aromatic nitrogens is 1. The fraction of sp³-hybridized carbons (Fsp3) is 0. The summed E-state index contributed by atoms with van der Waals surface area (Å²) in [6.45, 7) is 0. The van der Waals surface area contributed by atoms with Gasteiger partial charge in [-0.2, -0.15) is 0 Å². The third-order valence-electron chi connectivity index (χ3n) is 1.95. The Bertz CT molecular complexity index is 548. The second-order valence-corrected chi connectivity index (χ2v) is 5.13. The summed E-state index contributed by atoms with van der Waals surface area (Å²) in [6, 6.07) is 10.9. The maximum absolute atomic E-state index is 10.9. The molecule has 1 aromatic heterocycles. The summed E-state index contributed by atoms with van der Waals surface area (Å²) >= 11 is 4.45. The van der Waals surface area contributed by atoms with E-state index in [2.05, 4.69) is 20.9 Å². The summed E-state index contributed by atoms with van der Waals surface area (Å²) in [5.41, 5.74) is 0.00762. The van der Waals surface area contributed by atoms with Gasteiger partial charge in [-0.3, -0.25) is 10.1 Å². The molecule has 4 nitrogen and oxygen atoms in total. The number of rotatable bonds is 3. The highest BCUT2D eigenvalue weighted by atomic mass is 79.9. The normalized spacial score (nSPS) is 10.2. The molecule has 0 aliphatic heterocycles. The molecule has 1 aromatic carbocycles. The average molecular weight is 311 g/mol. The lowest BCUT2D eigenvalue weighted by atomic mass is 10.4. The van der Waals surface area contributed by atoms with Crippen LogP contribution in [0.5, 0.6) is 0 Å². The molecule has 0 saturated carbocycles. The van der Waals surface area contributed by atoms with Crippen LogP contribution in [0.4, 0.5) is 5.69 Å². The van der Waals surface area contributed by atoms with Gasteiger partial charge in [-0.1, -0.05) is 30.0 Å². The number of nitro groups is 1. The first-order valence-corrected chi connectivity index (χ1v) is 6.30. The van der Waals surface area contributed by atoms with Gasteiger partial charge < -0.3 is 0 Å². The number of halogens is 1. The number of benzene rings is 1. The minimum Gasteiger partial charge on any atom is -0.258 e. The van der Waals surface area contributed by atoms with Gasteiger partial charge in [0.15, 0.2) is 5.03 Å². The summed E-state index contributed by atoms with van der Waals surface area (Å²) in [4.78, 5) is 15.5. The summed E-state index contributed by atoms with van der Waals surface area (Å²) < 4.78 is 0.599. The molecule has 1 heterocycles. The molecule has 0 N–H and O–H groups in total. The first-order chi connectivity index (χ1) is 8.16. The molecule has 0 radical (unpaired) electrons. The van der Waals surface area contributed by atoms with E-state index in [1.807, 2.05) is 30.3 Å². The van der Waals surface area contributed by atoms with Crippen molar-refractivity contribution in [3.05, 3.63) is 57.2 Å². The van der Waals surface area contributed by atoms with E-state index in [4.69, 9.17) is 0 Å². The van der Waals surface area contributed by atoms with Gasteiger partial charge in [0.1, 0.15) is 0 Å². The van der Waals surface area contributed by atoms with Gasteiger partial charge in [-0.05, 0) is 28.1 Å². The Kier molecular flexibility index (Phi) is 3.75. The van der Waals surface area contributed by atoms with Gasteiger partial charge in [-0.15, -0.1) is 0 Å². The van der Waals surface area contributed by atoms with Gasteiger partial charge >= 0.3 is 5.69 Å². The zero-order valence-electron chi connectivity index (χ0n) is 8.54. The smallest absolute Gasteiger partial charge is 0.258 e. The van der Waals surface area contributed by atoms with Crippen LogP contribution in [0.2, 0.25) is 0 Å². The Hall–Kier alpha value is -1.40. The van der Waals surface area contributed by atoms with E-state index in [1.165, 1.54) is 17.8 Å². The maximum atomic E-state index is 10.9. The molecule has 0 aliphatic carbocycles. The lowest BCUT2D eigenvalue weighted by Gasteiger charge is -2.02.